The Morgan fingerprint density at radius 1 is 0.925 bits per heavy atom. The second kappa shape index (κ2) is 13.0. The van der Waals surface area contributed by atoms with Crippen LogP contribution in [-0.2, 0) is 26.2 Å². The second-order valence-corrected chi connectivity index (χ2v) is 13.8. The molecule has 1 atom stereocenters. The molecule has 40 heavy (non-hydrogen) atoms. The zero-order valence-electron chi connectivity index (χ0n) is 23.9. The summed E-state index contributed by atoms with van der Waals surface area (Å²) in [4.78, 5) is 29.1. The number of nitrogens with zero attached hydrogens (tertiary/aromatic N) is 2. The van der Waals surface area contributed by atoms with Gasteiger partial charge in [-0.3, -0.25) is 13.9 Å². The molecule has 3 aromatic carbocycles. The largest absolute Gasteiger partial charge is 0.350 e. The van der Waals surface area contributed by atoms with Gasteiger partial charge in [0.15, 0.2) is 0 Å². The van der Waals surface area contributed by atoms with E-state index in [1.165, 1.54) is 17.0 Å². The van der Waals surface area contributed by atoms with Gasteiger partial charge in [-0.25, -0.2) is 8.42 Å². The first-order valence-corrected chi connectivity index (χ1v) is 15.5. The summed E-state index contributed by atoms with van der Waals surface area (Å²) in [6.07, 6.45) is 0.362. The van der Waals surface area contributed by atoms with Crippen LogP contribution in [0.25, 0.3) is 0 Å². The number of amides is 2. The number of rotatable bonds is 10. The molecule has 2 amide bonds. The van der Waals surface area contributed by atoms with Crippen molar-refractivity contribution in [3.05, 3.63) is 94.0 Å². The maximum Gasteiger partial charge on any atom is 0.264 e. The molecule has 0 aliphatic heterocycles. The van der Waals surface area contributed by atoms with Gasteiger partial charge < -0.3 is 10.2 Å². The lowest BCUT2D eigenvalue weighted by atomic mass is 10.1. The molecular weight excluding hydrogens is 590 g/mol. The van der Waals surface area contributed by atoms with Gasteiger partial charge in [0.1, 0.15) is 12.6 Å². The summed E-state index contributed by atoms with van der Waals surface area (Å²) >= 11 is 3.42. The molecule has 0 unspecified atom stereocenters. The van der Waals surface area contributed by atoms with Crippen LogP contribution in [-0.4, -0.2) is 43.3 Å². The Kier molecular flexibility index (Phi) is 10.2. The van der Waals surface area contributed by atoms with E-state index >= 15 is 0 Å². The summed E-state index contributed by atoms with van der Waals surface area (Å²) in [7, 11) is -4.11. The van der Waals surface area contributed by atoms with Gasteiger partial charge in [0.2, 0.25) is 11.8 Å². The van der Waals surface area contributed by atoms with Crippen molar-refractivity contribution in [1.82, 2.24) is 10.2 Å². The van der Waals surface area contributed by atoms with E-state index in [-0.39, 0.29) is 17.3 Å². The van der Waals surface area contributed by atoms with E-state index in [0.717, 1.165) is 21.0 Å². The Balaban J connectivity index is 2.07. The number of carbonyl (C=O) groups excluding carboxylic acids is 2. The average molecular weight is 629 g/mol. The lowest BCUT2D eigenvalue weighted by molar-refractivity contribution is -0.141. The Bertz CT molecular complexity index is 1430. The summed E-state index contributed by atoms with van der Waals surface area (Å²) < 4.78 is 29.6. The van der Waals surface area contributed by atoms with Crippen molar-refractivity contribution < 1.29 is 18.0 Å². The SMILES string of the molecule is CC[C@H](C(=O)NC(C)(C)C)N(Cc1ccc(C)cc1)C(=O)CN(c1cccc(Br)c1)S(=O)(=O)c1ccc(C)cc1. The standard InChI is InChI=1S/C31H38BrN3O4S/c1-7-28(30(37)33-31(4,5)6)34(20-24-15-11-22(2)12-16-24)29(36)21-35(26-10-8-9-25(32)19-26)40(38,39)27-17-13-23(3)14-18-27/h8-19,28H,7,20-21H2,1-6H3,(H,33,37)/t28-/m1/s1. The highest BCUT2D eigenvalue weighted by Gasteiger charge is 2.34. The van der Waals surface area contributed by atoms with E-state index < -0.39 is 34.1 Å². The van der Waals surface area contributed by atoms with E-state index in [0.29, 0.717) is 16.6 Å². The van der Waals surface area contributed by atoms with Gasteiger partial charge in [0.25, 0.3) is 10.0 Å². The third-order valence-electron chi connectivity index (χ3n) is 6.34. The van der Waals surface area contributed by atoms with E-state index in [9.17, 15) is 18.0 Å². The fraction of sp³-hybridized carbons (Fsp3) is 0.355. The van der Waals surface area contributed by atoms with Crippen molar-refractivity contribution in [2.24, 2.45) is 0 Å². The van der Waals surface area contributed by atoms with Gasteiger partial charge in [-0.1, -0.05) is 76.4 Å². The van der Waals surface area contributed by atoms with Gasteiger partial charge in [-0.2, -0.15) is 0 Å². The number of halogens is 1. The fourth-order valence-electron chi connectivity index (χ4n) is 4.26. The topological polar surface area (TPSA) is 86.8 Å². The van der Waals surface area contributed by atoms with Gasteiger partial charge >= 0.3 is 0 Å². The van der Waals surface area contributed by atoms with Crippen molar-refractivity contribution in [2.75, 3.05) is 10.8 Å². The molecule has 0 fully saturated rings. The third kappa shape index (κ3) is 8.17. The van der Waals surface area contributed by atoms with Crippen LogP contribution in [0.2, 0.25) is 0 Å². The molecule has 9 heteroatoms. The monoisotopic (exact) mass is 627 g/mol. The molecule has 0 bridgehead atoms. The van der Waals surface area contributed by atoms with E-state index in [1.54, 1.807) is 36.4 Å². The normalized spacial score (nSPS) is 12.5. The average Bonchev–Trinajstić information content (AvgIpc) is 2.87. The predicted octanol–water partition coefficient (Wildman–Crippen LogP) is 5.98. The van der Waals surface area contributed by atoms with Gasteiger partial charge in [-0.05, 0) is 76.9 Å². The van der Waals surface area contributed by atoms with Crippen molar-refractivity contribution in [3.8, 4) is 0 Å². The summed E-state index contributed by atoms with van der Waals surface area (Å²) in [6.45, 7) is 11.0. The Morgan fingerprint density at radius 2 is 1.50 bits per heavy atom. The van der Waals surface area contributed by atoms with E-state index in [1.807, 2.05) is 65.8 Å². The van der Waals surface area contributed by atoms with Gasteiger partial charge in [0.05, 0.1) is 10.6 Å². The van der Waals surface area contributed by atoms with Crippen molar-refractivity contribution in [2.45, 2.75) is 71.0 Å². The Labute approximate surface area is 246 Å². The quantitative estimate of drug-likeness (QED) is 0.299. The van der Waals surface area contributed by atoms with Crippen LogP contribution in [0.4, 0.5) is 5.69 Å². The summed E-state index contributed by atoms with van der Waals surface area (Å²) in [6, 6.07) is 20.3. The molecule has 0 saturated carbocycles. The third-order valence-corrected chi connectivity index (χ3v) is 8.62. The lowest BCUT2D eigenvalue weighted by Gasteiger charge is -2.34. The smallest absolute Gasteiger partial charge is 0.264 e. The number of carbonyl (C=O) groups is 2. The fourth-order valence-corrected chi connectivity index (χ4v) is 6.05. The minimum absolute atomic E-state index is 0.0773. The zero-order chi connectivity index (χ0) is 29.7. The van der Waals surface area contributed by atoms with Crippen molar-refractivity contribution >= 4 is 43.5 Å². The summed E-state index contributed by atoms with van der Waals surface area (Å²) in [5, 5.41) is 2.98. The number of hydrogen-bond acceptors (Lipinski definition) is 4. The second-order valence-electron chi connectivity index (χ2n) is 11.0. The molecule has 0 spiro atoms. The van der Waals surface area contributed by atoms with Crippen LogP contribution in [0.1, 0.15) is 50.8 Å². The van der Waals surface area contributed by atoms with Crippen molar-refractivity contribution in [3.63, 3.8) is 0 Å². The highest BCUT2D eigenvalue weighted by molar-refractivity contribution is 9.10. The number of nitrogens with one attached hydrogen (secondary N) is 1. The zero-order valence-corrected chi connectivity index (χ0v) is 26.3. The number of anilines is 1. The lowest BCUT2D eigenvalue weighted by Crippen LogP contribution is -2.55. The van der Waals surface area contributed by atoms with Crippen LogP contribution < -0.4 is 9.62 Å². The molecular formula is C31H38BrN3O4S. The highest BCUT2D eigenvalue weighted by Crippen LogP contribution is 2.27. The minimum Gasteiger partial charge on any atom is -0.350 e. The first-order valence-electron chi connectivity index (χ1n) is 13.2. The molecule has 0 heterocycles. The molecule has 7 nitrogen and oxygen atoms in total. The molecule has 0 radical (unpaired) electrons. The van der Waals surface area contributed by atoms with E-state index in [4.69, 9.17) is 0 Å². The molecule has 1 N–H and O–H groups in total. The molecule has 214 valence electrons. The van der Waals surface area contributed by atoms with Crippen LogP contribution in [0.5, 0.6) is 0 Å². The number of benzene rings is 3. The number of hydrogen-bond donors (Lipinski definition) is 1. The first kappa shape index (κ1) is 31.4. The van der Waals surface area contributed by atoms with Crippen LogP contribution in [0.15, 0.2) is 82.2 Å². The predicted molar refractivity (Wildman–Crippen MR) is 164 cm³/mol. The molecule has 0 aromatic heterocycles. The van der Waals surface area contributed by atoms with Crippen LogP contribution >= 0.6 is 15.9 Å². The molecule has 0 aliphatic carbocycles. The van der Waals surface area contributed by atoms with Crippen LogP contribution in [0.3, 0.4) is 0 Å². The molecule has 3 aromatic rings. The molecule has 3 rings (SSSR count). The van der Waals surface area contributed by atoms with E-state index in [2.05, 4.69) is 21.2 Å². The summed E-state index contributed by atoms with van der Waals surface area (Å²) in [5.41, 5.74) is 2.68. The Morgan fingerprint density at radius 3 is 2.02 bits per heavy atom. The minimum atomic E-state index is -4.11. The van der Waals surface area contributed by atoms with Crippen molar-refractivity contribution in [1.29, 1.82) is 0 Å². The first-order chi connectivity index (χ1) is 18.7. The molecule has 0 aliphatic rings. The molecule has 0 saturated heterocycles. The van der Waals surface area contributed by atoms with Crippen LogP contribution in [0, 0.1) is 13.8 Å². The van der Waals surface area contributed by atoms with Gasteiger partial charge in [-0.15, -0.1) is 0 Å². The number of sulfonamides is 1. The maximum atomic E-state index is 14.1. The highest BCUT2D eigenvalue weighted by atomic mass is 79.9. The maximum absolute atomic E-state index is 14.1. The van der Waals surface area contributed by atoms with Gasteiger partial charge in [0, 0.05) is 16.6 Å². The Hall–Kier alpha value is -3.17. The number of aryl methyl sites for hydroxylation is 2. The summed E-state index contributed by atoms with van der Waals surface area (Å²) in [5.74, 6) is -0.766.